The van der Waals surface area contributed by atoms with Crippen LogP contribution in [0.1, 0.15) is 46.1 Å². The Kier molecular flexibility index (Phi) is 7.42. The summed E-state index contributed by atoms with van der Waals surface area (Å²) in [6, 6.07) is 13.7. The van der Waals surface area contributed by atoms with Gasteiger partial charge in [0.1, 0.15) is 5.75 Å². The topological polar surface area (TPSA) is 36.5 Å². The molecule has 1 aliphatic rings. The van der Waals surface area contributed by atoms with Gasteiger partial charge in [-0.15, -0.1) is 0 Å². The first-order chi connectivity index (χ1) is 14.5. The summed E-state index contributed by atoms with van der Waals surface area (Å²) in [4.78, 5) is 2.28. The minimum Gasteiger partial charge on any atom is -0.497 e. The standard InChI is InChI=1S/C24H31Cl2N3OS/c1-23(2)13-18(14-24(3,4)28-23)29(15-16-6-9-19(30-5)10-7-16)22(31)27-21-12-17(25)8-11-20(21)26/h6-12,18,28H,13-15H2,1-5H3,(H,27,31). The van der Waals surface area contributed by atoms with Crippen LogP contribution in [0.4, 0.5) is 5.69 Å². The number of ether oxygens (including phenoxy) is 1. The number of anilines is 1. The number of methoxy groups -OCH3 is 1. The third kappa shape index (κ3) is 6.48. The average molecular weight is 481 g/mol. The first-order valence-electron chi connectivity index (χ1n) is 10.4. The van der Waals surface area contributed by atoms with Gasteiger partial charge in [0.2, 0.25) is 0 Å². The van der Waals surface area contributed by atoms with E-state index < -0.39 is 0 Å². The van der Waals surface area contributed by atoms with Crippen LogP contribution in [-0.4, -0.2) is 34.2 Å². The average Bonchev–Trinajstić information content (AvgIpc) is 2.67. The summed E-state index contributed by atoms with van der Waals surface area (Å²) >= 11 is 18.5. The van der Waals surface area contributed by atoms with E-state index in [9.17, 15) is 0 Å². The predicted molar refractivity (Wildman–Crippen MR) is 136 cm³/mol. The third-order valence-corrected chi connectivity index (χ3v) is 6.45. The molecule has 0 amide bonds. The molecule has 1 fully saturated rings. The normalized spacial score (nSPS) is 17.8. The summed E-state index contributed by atoms with van der Waals surface area (Å²) in [5, 5.41) is 8.93. The van der Waals surface area contributed by atoms with Gasteiger partial charge in [0.15, 0.2) is 5.11 Å². The lowest BCUT2D eigenvalue weighted by atomic mass is 9.79. The Bertz CT molecular complexity index is 915. The van der Waals surface area contributed by atoms with Crippen LogP contribution in [0.25, 0.3) is 0 Å². The largest absolute Gasteiger partial charge is 0.497 e. The Hall–Kier alpha value is -1.53. The van der Waals surface area contributed by atoms with E-state index in [-0.39, 0.29) is 17.1 Å². The Morgan fingerprint density at radius 2 is 1.71 bits per heavy atom. The Morgan fingerprint density at radius 3 is 2.29 bits per heavy atom. The molecule has 0 radical (unpaired) electrons. The van der Waals surface area contributed by atoms with E-state index in [1.165, 1.54) is 0 Å². The third-order valence-electron chi connectivity index (χ3n) is 5.55. The molecule has 0 aliphatic carbocycles. The molecule has 0 spiro atoms. The summed E-state index contributed by atoms with van der Waals surface area (Å²) in [6.07, 6.45) is 1.94. The molecule has 4 nitrogen and oxygen atoms in total. The number of halogens is 2. The number of piperidine rings is 1. The van der Waals surface area contributed by atoms with E-state index in [4.69, 9.17) is 40.2 Å². The van der Waals surface area contributed by atoms with E-state index >= 15 is 0 Å². The molecule has 1 aliphatic heterocycles. The van der Waals surface area contributed by atoms with Crippen molar-refractivity contribution in [2.24, 2.45) is 0 Å². The Morgan fingerprint density at radius 1 is 1.10 bits per heavy atom. The number of hydrogen-bond donors (Lipinski definition) is 2. The first kappa shape index (κ1) is 24.1. The molecule has 0 atom stereocenters. The lowest BCUT2D eigenvalue weighted by molar-refractivity contribution is 0.101. The van der Waals surface area contributed by atoms with Crippen molar-refractivity contribution in [3.63, 3.8) is 0 Å². The van der Waals surface area contributed by atoms with Gasteiger partial charge in [-0.2, -0.15) is 0 Å². The first-order valence-corrected chi connectivity index (χ1v) is 11.6. The molecule has 31 heavy (non-hydrogen) atoms. The van der Waals surface area contributed by atoms with Crippen molar-refractivity contribution in [1.29, 1.82) is 0 Å². The summed E-state index contributed by atoms with van der Waals surface area (Å²) in [6.45, 7) is 9.67. The monoisotopic (exact) mass is 479 g/mol. The van der Waals surface area contributed by atoms with Gasteiger partial charge in [0.05, 0.1) is 17.8 Å². The zero-order valence-corrected chi connectivity index (χ0v) is 21.1. The van der Waals surface area contributed by atoms with Crippen molar-refractivity contribution in [3.05, 3.63) is 58.1 Å². The van der Waals surface area contributed by atoms with Gasteiger partial charge < -0.3 is 20.3 Å². The summed E-state index contributed by atoms with van der Waals surface area (Å²) in [7, 11) is 1.67. The van der Waals surface area contributed by atoms with Crippen LogP contribution < -0.4 is 15.4 Å². The van der Waals surface area contributed by atoms with Crippen molar-refractivity contribution in [3.8, 4) is 5.75 Å². The molecule has 168 valence electrons. The SMILES string of the molecule is COc1ccc(CN(C(=S)Nc2cc(Cl)ccc2Cl)C2CC(C)(C)NC(C)(C)C2)cc1. The molecular weight excluding hydrogens is 449 g/mol. The second-order valence-corrected chi connectivity index (χ2v) is 10.7. The molecule has 2 aromatic carbocycles. The van der Waals surface area contributed by atoms with Crippen LogP contribution in [-0.2, 0) is 6.54 Å². The minimum atomic E-state index is -0.00606. The molecule has 2 aromatic rings. The maximum atomic E-state index is 6.39. The number of nitrogens with zero attached hydrogens (tertiary/aromatic N) is 1. The zero-order chi connectivity index (χ0) is 22.8. The fraction of sp³-hybridized carbons (Fsp3) is 0.458. The molecule has 3 rings (SSSR count). The highest BCUT2D eigenvalue weighted by molar-refractivity contribution is 7.80. The van der Waals surface area contributed by atoms with Crippen molar-refractivity contribution < 1.29 is 4.74 Å². The van der Waals surface area contributed by atoms with Gasteiger partial charge in [-0.3, -0.25) is 0 Å². The highest BCUT2D eigenvalue weighted by atomic mass is 35.5. The molecule has 1 heterocycles. The van der Waals surface area contributed by atoms with Crippen LogP contribution in [0, 0.1) is 0 Å². The van der Waals surface area contributed by atoms with Crippen LogP contribution >= 0.6 is 35.4 Å². The molecule has 0 saturated carbocycles. The van der Waals surface area contributed by atoms with Crippen molar-refractivity contribution >= 4 is 46.2 Å². The second-order valence-electron chi connectivity index (χ2n) is 9.49. The maximum absolute atomic E-state index is 6.39. The molecular formula is C24H31Cl2N3OS. The summed E-state index contributed by atoms with van der Waals surface area (Å²) in [5.41, 5.74) is 1.87. The molecule has 7 heteroatoms. The number of thiocarbonyl (C=S) groups is 1. The zero-order valence-electron chi connectivity index (χ0n) is 18.8. The number of benzene rings is 2. The van der Waals surface area contributed by atoms with E-state index in [1.54, 1.807) is 25.3 Å². The van der Waals surface area contributed by atoms with Crippen LogP contribution in [0.3, 0.4) is 0 Å². The number of rotatable bonds is 5. The van der Waals surface area contributed by atoms with Gasteiger partial charge in [0, 0.05) is 28.7 Å². The van der Waals surface area contributed by atoms with Crippen molar-refractivity contribution in [1.82, 2.24) is 10.2 Å². The van der Waals surface area contributed by atoms with Crippen LogP contribution in [0.5, 0.6) is 5.75 Å². The van der Waals surface area contributed by atoms with Gasteiger partial charge >= 0.3 is 0 Å². The fourth-order valence-electron chi connectivity index (χ4n) is 4.56. The van der Waals surface area contributed by atoms with Gasteiger partial charge in [-0.25, -0.2) is 0 Å². The van der Waals surface area contributed by atoms with Crippen LogP contribution in [0.15, 0.2) is 42.5 Å². The summed E-state index contributed by atoms with van der Waals surface area (Å²) in [5.74, 6) is 0.839. The van der Waals surface area contributed by atoms with E-state index in [0.717, 1.165) is 24.2 Å². The molecule has 0 unspecified atom stereocenters. The molecule has 1 saturated heterocycles. The lowest BCUT2D eigenvalue weighted by Crippen LogP contribution is -2.63. The Labute approximate surface area is 201 Å². The smallest absolute Gasteiger partial charge is 0.174 e. The number of nitrogens with one attached hydrogen (secondary N) is 2. The van der Waals surface area contributed by atoms with E-state index in [0.29, 0.717) is 27.4 Å². The second kappa shape index (κ2) is 9.53. The maximum Gasteiger partial charge on any atom is 0.174 e. The molecule has 0 aromatic heterocycles. The minimum absolute atomic E-state index is 0.00606. The van der Waals surface area contributed by atoms with E-state index in [1.807, 2.05) is 12.1 Å². The molecule has 0 bridgehead atoms. The van der Waals surface area contributed by atoms with Crippen molar-refractivity contribution in [2.45, 2.75) is 64.2 Å². The quantitative estimate of drug-likeness (QED) is 0.477. The highest BCUT2D eigenvalue weighted by Crippen LogP contribution is 2.33. The van der Waals surface area contributed by atoms with E-state index in [2.05, 4.69) is 55.4 Å². The molecule has 2 N–H and O–H groups in total. The van der Waals surface area contributed by atoms with Crippen molar-refractivity contribution in [2.75, 3.05) is 12.4 Å². The fourth-order valence-corrected chi connectivity index (χ4v) is 5.22. The summed E-state index contributed by atoms with van der Waals surface area (Å²) < 4.78 is 5.31. The lowest BCUT2D eigenvalue weighted by Gasteiger charge is -2.50. The van der Waals surface area contributed by atoms with Crippen LogP contribution in [0.2, 0.25) is 10.0 Å². The highest BCUT2D eigenvalue weighted by Gasteiger charge is 2.40. The number of hydrogen-bond acceptors (Lipinski definition) is 3. The van der Waals surface area contributed by atoms with Gasteiger partial charge in [-0.05, 0) is 88.6 Å². The Balaban J connectivity index is 1.90. The van der Waals surface area contributed by atoms with Gasteiger partial charge in [0.25, 0.3) is 0 Å². The predicted octanol–water partition coefficient (Wildman–Crippen LogP) is 6.51. The van der Waals surface area contributed by atoms with Gasteiger partial charge in [-0.1, -0.05) is 35.3 Å².